The first kappa shape index (κ1) is 16.8. The van der Waals surface area contributed by atoms with Gasteiger partial charge >= 0.3 is 12.0 Å². The second-order valence-electron chi connectivity index (χ2n) is 5.11. The molecule has 2 heterocycles. The van der Waals surface area contributed by atoms with E-state index in [0.717, 1.165) is 0 Å². The van der Waals surface area contributed by atoms with Crippen molar-refractivity contribution in [3.8, 4) is 0 Å². The van der Waals surface area contributed by atoms with Crippen LogP contribution >= 0.6 is 11.6 Å². The number of hydrogen-bond acceptors (Lipinski definition) is 4. The molecule has 0 fully saturated rings. The summed E-state index contributed by atoms with van der Waals surface area (Å²) in [6.07, 6.45) is 3.08. The fourth-order valence-corrected chi connectivity index (χ4v) is 2.47. The highest BCUT2D eigenvalue weighted by molar-refractivity contribution is 6.30. The van der Waals surface area contributed by atoms with Crippen molar-refractivity contribution in [2.75, 3.05) is 17.2 Å². The predicted molar refractivity (Wildman–Crippen MR) is 95.2 cm³/mol. The second kappa shape index (κ2) is 7.23. The molecule has 0 aliphatic carbocycles. The average Bonchev–Trinajstić information content (AvgIpc) is 2.98. The maximum Gasteiger partial charge on any atom is 0.341 e. The quantitative estimate of drug-likeness (QED) is 0.694. The van der Waals surface area contributed by atoms with Crippen LogP contribution in [0.2, 0.25) is 5.02 Å². The number of nitrogens with zero attached hydrogens (tertiary/aromatic N) is 2. The molecular weight excluding hydrogens is 344 g/mol. The van der Waals surface area contributed by atoms with Gasteiger partial charge in [-0.15, -0.1) is 0 Å². The zero-order valence-electron chi connectivity index (χ0n) is 13.3. The molecular formula is C17H15ClN4O3. The molecule has 0 radical (unpaired) electrons. The van der Waals surface area contributed by atoms with E-state index >= 15 is 0 Å². The SMILES string of the molecule is CCOC(=O)c1cnn2ccc(NC(=O)Nc3cccc(Cl)c3)cc12. The van der Waals surface area contributed by atoms with Gasteiger partial charge in [0, 0.05) is 22.6 Å². The highest BCUT2D eigenvalue weighted by Crippen LogP contribution is 2.18. The van der Waals surface area contributed by atoms with Crippen molar-refractivity contribution in [2.45, 2.75) is 6.92 Å². The first-order valence-corrected chi connectivity index (χ1v) is 7.92. The first-order chi connectivity index (χ1) is 12.1. The van der Waals surface area contributed by atoms with Crippen LogP contribution in [0, 0.1) is 0 Å². The van der Waals surface area contributed by atoms with Gasteiger partial charge in [-0.25, -0.2) is 14.1 Å². The lowest BCUT2D eigenvalue weighted by atomic mass is 10.2. The number of pyridine rings is 1. The van der Waals surface area contributed by atoms with E-state index in [2.05, 4.69) is 15.7 Å². The molecule has 3 aromatic rings. The van der Waals surface area contributed by atoms with E-state index in [9.17, 15) is 9.59 Å². The van der Waals surface area contributed by atoms with Gasteiger partial charge < -0.3 is 15.4 Å². The van der Waals surface area contributed by atoms with Crippen LogP contribution in [-0.4, -0.2) is 28.2 Å². The topological polar surface area (TPSA) is 84.7 Å². The fourth-order valence-electron chi connectivity index (χ4n) is 2.28. The van der Waals surface area contributed by atoms with Gasteiger partial charge in [0.25, 0.3) is 0 Å². The fraction of sp³-hybridized carbons (Fsp3) is 0.118. The lowest BCUT2D eigenvalue weighted by molar-refractivity contribution is 0.0528. The van der Waals surface area contributed by atoms with Crippen LogP contribution in [0.1, 0.15) is 17.3 Å². The Morgan fingerprint density at radius 3 is 2.68 bits per heavy atom. The molecule has 0 saturated carbocycles. The van der Waals surface area contributed by atoms with Crippen molar-refractivity contribution in [1.82, 2.24) is 9.61 Å². The smallest absolute Gasteiger partial charge is 0.341 e. The largest absolute Gasteiger partial charge is 0.462 e. The van der Waals surface area contributed by atoms with E-state index in [1.807, 2.05) is 0 Å². The number of benzene rings is 1. The van der Waals surface area contributed by atoms with Crippen molar-refractivity contribution in [2.24, 2.45) is 0 Å². The van der Waals surface area contributed by atoms with E-state index < -0.39 is 12.0 Å². The van der Waals surface area contributed by atoms with Crippen LogP contribution in [0.5, 0.6) is 0 Å². The lowest BCUT2D eigenvalue weighted by Gasteiger charge is -2.08. The number of fused-ring (bicyclic) bond motifs is 1. The van der Waals surface area contributed by atoms with Crippen LogP contribution in [0.4, 0.5) is 16.2 Å². The second-order valence-corrected chi connectivity index (χ2v) is 5.55. The summed E-state index contributed by atoms with van der Waals surface area (Å²) < 4.78 is 6.54. The number of nitrogens with one attached hydrogen (secondary N) is 2. The molecule has 7 nitrogen and oxygen atoms in total. The Kier molecular flexibility index (Phi) is 4.85. The number of urea groups is 1. The van der Waals surface area contributed by atoms with Gasteiger partial charge in [0.2, 0.25) is 0 Å². The molecule has 2 aromatic heterocycles. The summed E-state index contributed by atoms with van der Waals surface area (Å²) in [5.41, 5.74) is 1.96. The molecule has 0 aliphatic heterocycles. The number of halogens is 1. The molecule has 25 heavy (non-hydrogen) atoms. The maximum absolute atomic E-state index is 12.1. The molecule has 3 rings (SSSR count). The van der Waals surface area contributed by atoms with Gasteiger partial charge in [0.1, 0.15) is 5.56 Å². The third-order valence-electron chi connectivity index (χ3n) is 3.36. The number of anilines is 2. The van der Waals surface area contributed by atoms with Gasteiger partial charge in [-0.3, -0.25) is 0 Å². The predicted octanol–water partition coefficient (Wildman–Crippen LogP) is 3.81. The third kappa shape index (κ3) is 3.89. The molecule has 0 unspecified atom stereocenters. The molecule has 2 N–H and O–H groups in total. The minimum atomic E-state index is -0.460. The Bertz CT molecular complexity index is 939. The summed E-state index contributed by atoms with van der Waals surface area (Å²) in [5.74, 6) is -0.460. The average molecular weight is 359 g/mol. The molecule has 2 amide bonds. The van der Waals surface area contributed by atoms with E-state index in [4.69, 9.17) is 16.3 Å². The third-order valence-corrected chi connectivity index (χ3v) is 3.59. The maximum atomic E-state index is 12.1. The molecule has 8 heteroatoms. The monoisotopic (exact) mass is 358 g/mol. The van der Waals surface area contributed by atoms with Crippen LogP contribution in [0.15, 0.2) is 48.8 Å². The van der Waals surface area contributed by atoms with Crippen molar-refractivity contribution >= 4 is 40.5 Å². The number of amides is 2. The zero-order valence-corrected chi connectivity index (χ0v) is 14.1. The molecule has 0 atom stereocenters. The van der Waals surface area contributed by atoms with E-state index in [1.54, 1.807) is 49.5 Å². The zero-order chi connectivity index (χ0) is 17.8. The highest BCUT2D eigenvalue weighted by atomic mass is 35.5. The van der Waals surface area contributed by atoms with Crippen LogP contribution in [-0.2, 0) is 4.74 Å². The van der Waals surface area contributed by atoms with Gasteiger partial charge in [-0.1, -0.05) is 17.7 Å². The standard InChI is InChI=1S/C17H15ClN4O3/c1-2-25-16(23)14-10-19-22-7-6-13(9-15(14)22)21-17(24)20-12-5-3-4-11(18)8-12/h3-10H,2H2,1H3,(H2,20,21,24). The Balaban J connectivity index is 1.78. The Labute approximate surface area is 148 Å². The lowest BCUT2D eigenvalue weighted by Crippen LogP contribution is -2.19. The Morgan fingerprint density at radius 2 is 1.96 bits per heavy atom. The number of hydrogen-bond donors (Lipinski definition) is 2. The van der Waals surface area contributed by atoms with Crippen LogP contribution < -0.4 is 10.6 Å². The van der Waals surface area contributed by atoms with Gasteiger partial charge in [-0.05, 0) is 37.3 Å². The summed E-state index contributed by atoms with van der Waals surface area (Å²) in [6, 6.07) is 9.72. The number of carbonyl (C=O) groups is 2. The van der Waals surface area contributed by atoms with Crippen molar-refractivity contribution < 1.29 is 14.3 Å². The number of ether oxygens (including phenoxy) is 1. The normalized spacial score (nSPS) is 10.5. The Morgan fingerprint density at radius 1 is 1.20 bits per heavy atom. The number of rotatable bonds is 4. The summed E-state index contributed by atoms with van der Waals surface area (Å²) in [4.78, 5) is 24.0. The summed E-state index contributed by atoms with van der Waals surface area (Å²) in [6.45, 7) is 2.01. The number of aromatic nitrogens is 2. The Hall–Kier alpha value is -3.06. The molecule has 0 spiro atoms. The van der Waals surface area contributed by atoms with Crippen molar-refractivity contribution in [1.29, 1.82) is 0 Å². The van der Waals surface area contributed by atoms with E-state index in [0.29, 0.717) is 27.5 Å². The summed E-state index contributed by atoms with van der Waals surface area (Å²) in [5, 5.41) is 10.0. The van der Waals surface area contributed by atoms with Crippen molar-refractivity contribution in [3.63, 3.8) is 0 Å². The molecule has 0 aliphatic rings. The molecule has 1 aromatic carbocycles. The minimum absolute atomic E-state index is 0.274. The summed E-state index contributed by atoms with van der Waals surface area (Å²) >= 11 is 5.89. The van der Waals surface area contributed by atoms with Gasteiger partial charge in [-0.2, -0.15) is 5.10 Å². The van der Waals surface area contributed by atoms with E-state index in [1.165, 1.54) is 10.7 Å². The highest BCUT2D eigenvalue weighted by Gasteiger charge is 2.14. The van der Waals surface area contributed by atoms with Crippen molar-refractivity contribution in [3.05, 3.63) is 59.4 Å². The first-order valence-electron chi connectivity index (χ1n) is 7.55. The van der Waals surface area contributed by atoms with Crippen LogP contribution in [0.3, 0.4) is 0 Å². The van der Waals surface area contributed by atoms with Gasteiger partial charge in [0.15, 0.2) is 0 Å². The molecule has 128 valence electrons. The minimum Gasteiger partial charge on any atom is -0.462 e. The summed E-state index contributed by atoms with van der Waals surface area (Å²) in [7, 11) is 0. The van der Waals surface area contributed by atoms with Gasteiger partial charge in [0.05, 0.1) is 18.3 Å². The number of carbonyl (C=O) groups excluding carboxylic acids is 2. The molecule has 0 bridgehead atoms. The van der Waals surface area contributed by atoms with Crippen LogP contribution in [0.25, 0.3) is 5.52 Å². The molecule has 0 saturated heterocycles. The number of esters is 1. The van der Waals surface area contributed by atoms with E-state index in [-0.39, 0.29) is 6.61 Å².